The van der Waals surface area contributed by atoms with Gasteiger partial charge in [-0.1, -0.05) is 64.5 Å². The van der Waals surface area contributed by atoms with Gasteiger partial charge in [0.1, 0.15) is 5.78 Å². The zero-order valence-electron chi connectivity index (χ0n) is 17.9. The molecule has 2 nitrogen and oxygen atoms in total. The number of unbranched alkanes of at least 4 members (excludes halogenated alkanes) is 9. The van der Waals surface area contributed by atoms with Crippen molar-refractivity contribution in [2.75, 3.05) is 6.54 Å². The van der Waals surface area contributed by atoms with Gasteiger partial charge in [-0.2, -0.15) is 0 Å². The maximum absolute atomic E-state index is 12.5. The molecule has 1 aliphatic rings. The van der Waals surface area contributed by atoms with Gasteiger partial charge in [0, 0.05) is 18.4 Å². The monoisotopic (exact) mass is 363 g/mol. The van der Waals surface area contributed by atoms with E-state index in [1.165, 1.54) is 64.2 Å². The molecule has 26 heavy (non-hydrogen) atoms. The van der Waals surface area contributed by atoms with E-state index in [1.807, 2.05) is 0 Å². The Labute approximate surface area is 163 Å². The van der Waals surface area contributed by atoms with E-state index >= 15 is 0 Å². The van der Waals surface area contributed by atoms with E-state index < -0.39 is 0 Å². The molecule has 1 heterocycles. The number of allylic oxidation sites excluding steroid dienone is 2. The van der Waals surface area contributed by atoms with Crippen LogP contribution in [0.5, 0.6) is 0 Å². The Hall–Kier alpha value is -0.630. The summed E-state index contributed by atoms with van der Waals surface area (Å²) in [7, 11) is 0. The fourth-order valence-electron chi connectivity index (χ4n) is 4.06. The first-order valence-corrected chi connectivity index (χ1v) is 11.5. The van der Waals surface area contributed by atoms with Gasteiger partial charge in [-0.05, 0) is 64.3 Å². The zero-order chi connectivity index (χ0) is 19.0. The molecule has 1 saturated heterocycles. The van der Waals surface area contributed by atoms with Gasteiger partial charge in [-0.15, -0.1) is 0 Å². The first-order chi connectivity index (χ1) is 12.6. The average Bonchev–Trinajstić information content (AvgIpc) is 2.80. The molecule has 2 heteroatoms. The van der Waals surface area contributed by atoms with E-state index in [4.69, 9.17) is 0 Å². The molecule has 0 aromatic heterocycles. The van der Waals surface area contributed by atoms with Crippen LogP contribution in [0.1, 0.15) is 111 Å². The number of hydrogen-bond acceptors (Lipinski definition) is 2. The van der Waals surface area contributed by atoms with Gasteiger partial charge in [0.05, 0.1) is 0 Å². The van der Waals surface area contributed by atoms with Gasteiger partial charge < -0.3 is 5.32 Å². The summed E-state index contributed by atoms with van der Waals surface area (Å²) in [5.41, 5.74) is 0. The number of hydrogen-bond donors (Lipinski definition) is 1. The predicted octanol–water partition coefficient (Wildman–Crippen LogP) is 6.84. The predicted molar refractivity (Wildman–Crippen MR) is 115 cm³/mol. The number of ketones is 1. The van der Waals surface area contributed by atoms with Crippen molar-refractivity contribution in [3.8, 4) is 0 Å². The van der Waals surface area contributed by atoms with Crippen LogP contribution in [0.3, 0.4) is 0 Å². The normalized spacial score (nSPS) is 24.0. The van der Waals surface area contributed by atoms with Crippen molar-refractivity contribution in [3.05, 3.63) is 12.2 Å². The number of carbonyl (C=O) groups excluding carboxylic acids is 1. The first kappa shape index (κ1) is 23.4. The smallest absolute Gasteiger partial charge is 0.136 e. The van der Waals surface area contributed by atoms with E-state index in [0.29, 0.717) is 23.7 Å². The second-order valence-corrected chi connectivity index (χ2v) is 8.68. The largest absolute Gasteiger partial charge is 0.314 e. The molecule has 152 valence electrons. The maximum atomic E-state index is 12.5. The van der Waals surface area contributed by atoms with E-state index in [0.717, 1.165) is 32.2 Å². The van der Waals surface area contributed by atoms with Crippen LogP contribution in [0.25, 0.3) is 0 Å². The molecular formula is C24H45NO. The van der Waals surface area contributed by atoms with Crippen LogP contribution < -0.4 is 5.32 Å². The van der Waals surface area contributed by atoms with E-state index in [-0.39, 0.29) is 0 Å². The highest BCUT2D eigenvalue weighted by Gasteiger charge is 2.25. The minimum absolute atomic E-state index is 0.305. The standard InChI is InChI=1S/C24H45NO/c1-4-5-6-7-8-9-10-11-12-13-14-15-16-17-24(26)23-18-21(2)20-25-22(3)19-23/h8-9,21-23,25H,4-7,10-20H2,1-3H3/b9-8+. The molecule has 1 rings (SSSR count). The third-order valence-corrected chi connectivity index (χ3v) is 5.78. The second-order valence-electron chi connectivity index (χ2n) is 8.68. The minimum Gasteiger partial charge on any atom is -0.314 e. The van der Waals surface area contributed by atoms with Crippen molar-refractivity contribution in [3.63, 3.8) is 0 Å². The molecule has 0 aromatic rings. The Bertz CT molecular complexity index is 364. The Kier molecular flexibility index (Phi) is 13.9. The van der Waals surface area contributed by atoms with Crippen LogP contribution in [0.4, 0.5) is 0 Å². The summed E-state index contributed by atoms with van der Waals surface area (Å²) >= 11 is 0. The molecular weight excluding hydrogens is 318 g/mol. The average molecular weight is 364 g/mol. The Morgan fingerprint density at radius 3 is 2.19 bits per heavy atom. The van der Waals surface area contributed by atoms with Gasteiger partial charge >= 0.3 is 0 Å². The second kappa shape index (κ2) is 15.4. The lowest BCUT2D eigenvalue weighted by Crippen LogP contribution is -2.28. The Morgan fingerprint density at radius 1 is 0.885 bits per heavy atom. The minimum atomic E-state index is 0.305. The summed E-state index contributed by atoms with van der Waals surface area (Å²) in [5.74, 6) is 1.47. The van der Waals surface area contributed by atoms with Crippen molar-refractivity contribution in [2.45, 2.75) is 117 Å². The molecule has 0 aromatic carbocycles. The lowest BCUT2D eigenvalue weighted by atomic mass is 9.87. The lowest BCUT2D eigenvalue weighted by molar-refractivity contribution is -0.123. The van der Waals surface area contributed by atoms with Gasteiger partial charge in [0.25, 0.3) is 0 Å². The quantitative estimate of drug-likeness (QED) is 0.270. The topological polar surface area (TPSA) is 29.1 Å². The van der Waals surface area contributed by atoms with Crippen molar-refractivity contribution < 1.29 is 4.79 Å². The maximum Gasteiger partial charge on any atom is 0.136 e. The van der Waals surface area contributed by atoms with Gasteiger partial charge in [0.15, 0.2) is 0 Å². The molecule has 0 spiro atoms. The van der Waals surface area contributed by atoms with Crippen molar-refractivity contribution in [1.82, 2.24) is 5.32 Å². The molecule has 3 atom stereocenters. The summed E-state index contributed by atoms with van der Waals surface area (Å²) < 4.78 is 0. The summed E-state index contributed by atoms with van der Waals surface area (Å²) in [4.78, 5) is 12.5. The molecule has 3 unspecified atom stereocenters. The van der Waals surface area contributed by atoms with Gasteiger partial charge in [0.2, 0.25) is 0 Å². The van der Waals surface area contributed by atoms with E-state index in [1.54, 1.807) is 0 Å². The Morgan fingerprint density at radius 2 is 1.50 bits per heavy atom. The Balaban J connectivity index is 1.96. The van der Waals surface area contributed by atoms with Crippen LogP contribution in [0.15, 0.2) is 12.2 Å². The van der Waals surface area contributed by atoms with Gasteiger partial charge in [-0.25, -0.2) is 0 Å². The van der Waals surface area contributed by atoms with Crippen molar-refractivity contribution >= 4 is 5.78 Å². The fraction of sp³-hybridized carbons (Fsp3) is 0.875. The first-order valence-electron chi connectivity index (χ1n) is 11.5. The van der Waals surface area contributed by atoms with Crippen molar-refractivity contribution in [1.29, 1.82) is 0 Å². The van der Waals surface area contributed by atoms with Crippen LogP contribution in [0.2, 0.25) is 0 Å². The summed E-state index contributed by atoms with van der Waals surface area (Å²) in [6.45, 7) is 7.82. The number of Topliss-reactive ketones (excluding diaryl/α,β-unsaturated/α-hetero) is 1. The van der Waals surface area contributed by atoms with Crippen LogP contribution in [-0.2, 0) is 4.79 Å². The van der Waals surface area contributed by atoms with Crippen LogP contribution in [-0.4, -0.2) is 18.4 Å². The number of rotatable bonds is 14. The SMILES string of the molecule is CCCCC/C=C/CCCCCCCCC(=O)C1CC(C)CNC(C)C1. The molecule has 0 saturated carbocycles. The van der Waals surface area contributed by atoms with Crippen LogP contribution in [0, 0.1) is 11.8 Å². The molecule has 0 radical (unpaired) electrons. The highest BCUT2D eigenvalue weighted by Crippen LogP contribution is 2.24. The summed E-state index contributed by atoms with van der Waals surface area (Å²) in [6.07, 6.45) is 21.8. The molecule has 1 N–H and O–H groups in total. The number of carbonyl (C=O) groups is 1. The fourth-order valence-corrected chi connectivity index (χ4v) is 4.06. The third-order valence-electron chi connectivity index (χ3n) is 5.78. The van der Waals surface area contributed by atoms with E-state index in [2.05, 4.69) is 38.2 Å². The molecule has 0 amide bonds. The zero-order valence-corrected chi connectivity index (χ0v) is 17.9. The lowest BCUT2D eigenvalue weighted by Gasteiger charge is -2.16. The third kappa shape index (κ3) is 11.9. The van der Waals surface area contributed by atoms with Crippen molar-refractivity contribution in [2.24, 2.45) is 11.8 Å². The van der Waals surface area contributed by atoms with E-state index in [9.17, 15) is 4.79 Å². The molecule has 0 aliphatic carbocycles. The highest BCUT2D eigenvalue weighted by atomic mass is 16.1. The number of nitrogens with one attached hydrogen (secondary N) is 1. The highest BCUT2D eigenvalue weighted by molar-refractivity contribution is 5.81. The molecule has 1 aliphatic heterocycles. The molecule has 1 fully saturated rings. The van der Waals surface area contributed by atoms with Gasteiger partial charge in [-0.3, -0.25) is 4.79 Å². The van der Waals surface area contributed by atoms with Crippen LogP contribution >= 0.6 is 0 Å². The summed E-state index contributed by atoms with van der Waals surface area (Å²) in [6, 6.07) is 0.495. The summed E-state index contributed by atoms with van der Waals surface area (Å²) in [5, 5.41) is 3.54. The molecule has 0 bridgehead atoms.